The first-order valence-electron chi connectivity index (χ1n) is 3.73. The third kappa shape index (κ3) is 2.17. The molecule has 3 N–H and O–H groups in total. The van der Waals surface area contributed by atoms with Gasteiger partial charge in [-0.15, -0.1) is 0 Å². The molecule has 1 rings (SSSR count). The fourth-order valence-electron chi connectivity index (χ4n) is 0.970. The Hall–Kier alpha value is -0.640. The van der Waals surface area contributed by atoms with E-state index in [2.05, 4.69) is 4.98 Å². The first-order chi connectivity index (χ1) is 5.75. The Labute approximate surface area is 76.2 Å². The fraction of sp³-hybridized carbons (Fsp3) is 0.375. The molecule has 1 aromatic rings. The van der Waals surface area contributed by atoms with Crippen molar-refractivity contribution in [3.63, 3.8) is 0 Å². The van der Waals surface area contributed by atoms with Crippen LogP contribution in [0.15, 0.2) is 18.5 Å². The summed E-state index contributed by atoms with van der Waals surface area (Å²) in [5, 5.41) is 9.99. The minimum absolute atomic E-state index is 0.444. The second kappa shape index (κ2) is 4.40. The largest absolute Gasteiger partial charge is 0.388 e. The number of nitrogens with two attached hydrogens (primary N) is 1. The highest BCUT2D eigenvalue weighted by Crippen LogP contribution is 2.22. The maximum absolute atomic E-state index is 9.51. The van der Waals surface area contributed by atoms with Gasteiger partial charge in [-0.05, 0) is 19.0 Å². The second-order valence-corrected chi connectivity index (χ2v) is 2.90. The molecule has 1 atom stereocenters. The van der Waals surface area contributed by atoms with Crippen molar-refractivity contribution in [3.8, 4) is 0 Å². The molecule has 4 heteroatoms. The van der Waals surface area contributed by atoms with Crippen LogP contribution in [0.3, 0.4) is 0 Å². The van der Waals surface area contributed by atoms with E-state index in [0.717, 1.165) is 0 Å². The SMILES string of the molecule is NCC[C@@H](O)c1ccncc1Cl. The van der Waals surface area contributed by atoms with Gasteiger partial charge in [-0.1, -0.05) is 11.6 Å². The van der Waals surface area contributed by atoms with Crippen molar-refractivity contribution in [2.24, 2.45) is 5.73 Å². The first kappa shape index (κ1) is 9.45. The molecule has 0 aromatic carbocycles. The van der Waals surface area contributed by atoms with Gasteiger partial charge in [0.15, 0.2) is 0 Å². The molecule has 0 unspecified atom stereocenters. The molecule has 1 aromatic heterocycles. The Balaban J connectivity index is 2.79. The molecule has 3 nitrogen and oxygen atoms in total. The Bertz CT molecular complexity index is 255. The van der Waals surface area contributed by atoms with Crippen molar-refractivity contribution in [2.45, 2.75) is 12.5 Å². The summed E-state index contributed by atoms with van der Waals surface area (Å²) in [5.74, 6) is 0. The van der Waals surface area contributed by atoms with Crippen molar-refractivity contribution in [3.05, 3.63) is 29.0 Å². The van der Waals surface area contributed by atoms with Crippen molar-refractivity contribution in [1.29, 1.82) is 0 Å². The molecule has 1 heterocycles. The fourth-order valence-corrected chi connectivity index (χ4v) is 1.21. The average Bonchev–Trinajstić information content (AvgIpc) is 2.05. The normalized spacial score (nSPS) is 12.9. The van der Waals surface area contributed by atoms with E-state index in [-0.39, 0.29) is 0 Å². The number of hydrogen-bond donors (Lipinski definition) is 2. The number of aromatic nitrogens is 1. The van der Waals surface area contributed by atoms with Gasteiger partial charge in [0.05, 0.1) is 11.1 Å². The summed E-state index contributed by atoms with van der Waals surface area (Å²) in [6.07, 6.45) is 3.05. The van der Waals surface area contributed by atoms with Gasteiger partial charge in [-0.25, -0.2) is 0 Å². The summed E-state index contributed by atoms with van der Waals surface area (Å²) in [6, 6.07) is 1.70. The van der Waals surface area contributed by atoms with Crippen LogP contribution in [0.1, 0.15) is 18.1 Å². The number of aliphatic hydroxyl groups is 1. The lowest BCUT2D eigenvalue weighted by Crippen LogP contribution is -2.07. The summed E-state index contributed by atoms with van der Waals surface area (Å²) in [4.78, 5) is 3.81. The third-order valence-electron chi connectivity index (χ3n) is 1.60. The van der Waals surface area contributed by atoms with Crippen molar-refractivity contribution >= 4 is 11.6 Å². The minimum atomic E-state index is -0.578. The van der Waals surface area contributed by atoms with Crippen molar-refractivity contribution < 1.29 is 5.11 Å². The van der Waals surface area contributed by atoms with E-state index in [0.29, 0.717) is 23.6 Å². The number of aliphatic hydroxyl groups excluding tert-OH is 1. The summed E-state index contributed by atoms with van der Waals surface area (Å²) in [5.41, 5.74) is 5.99. The molecular weight excluding hydrogens is 176 g/mol. The molecule has 0 saturated heterocycles. The maximum Gasteiger partial charge on any atom is 0.0817 e. The number of hydrogen-bond acceptors (Lipinski definition) is 3. The molecule has 0 aliphatic rings. The van der Waals surface area contributed by atoms with Gasteiger partial charge in [0.25, 0.3) is 0 Å². The standard InChI is InChI=1S/C8H11ClN2O/c9-7-5-11-4-2-6(7)8(12)1-3-10/h2,4-5,8,12H,1,3,10H2/t8-/m1/s1. The van der Waals surface area contributed by atoms with Gasteiger partial charge in [0, 0.05) is 18.0 Å². The predicted octanol–water partition coefficient (Wildman–Crippen LogP) is 1.12. The molecule has 0 spiro atoms. The molecule has 0 aliphatic heterocycles. The predicted molar refractivity (Wildman–Crippen MR) is 47.9 cm³/mol. The highest BCUT2D eigenvalue weighted by Gasteiger charge is 2.09. The summed E-state index contributed by atoms with van der Waals surface area (Å²) in [6.45, 7) is 0.444. The van der Waals surface area contributed by atoms with Gasteiger partial charge >= 0.3 is 0 Å². The number of pyridine rings is 1. The summed E-state index contributed by atoms with van der Waals surface area (Å²) in [7, 11) is 0. The third-order valence-corrected chi connectivity index (χ3v) is 1.92. The van der Waals surface area contributed by atoms with E-state index in [1.807, 2.05) is 0 Å². The minimum Gasteiger partial charge on any atom is -0.388 e. The quantitative estimate of drug-likeness (QED) is 0.744. The molecule has 12 heavy (non-hydrogen) atoms. The summed E-state index contributed by atoms with van der Waals surface area (Å²) >= 11 is 5.79. The monoisotopic (exact) mass is 186 g/mol. The molecule has 0 radical (unpaired) electrons. The van der Waals surface area contributed by atoms with E-state index in [4.69, 9.17) is 17.3 Å². The van der Waals surface area contributed by atoms with Crippen LogP contribution in [0.4, 0.5) is 0 Å². The van der Waals surface area contributed by atoms with Crippen molar-refractivity contribution in [2.75, 3.05) is 6.54 Å². The van der Waals surface area contributed by atoms with Gasteiger partial charge in [0.1, 0.15) is 0 Å². The van der Waals surface area contributed by atoms with E-state index in [1.54, 1.807) is 12.3 Å². The van der Waals surface area contributed by atoms with E-state index in [1.165, 1.54) is 6.20 Å². The lowest BCUT2D eigenvalue weighted by atomic mass is 10.1. The molecule has 66 valence electrons. The highest BCUT2D eigenvalue weighted by atomic mass is 35.5. The van der Waals surface area contributed by atoms with Crippen LogP contribution in [0, 0.1) is 0 Å². The molecule has 0 amide bonds. The summed E-state index contributed by atoms with van der Waals surface area (Å²) < 4.78 is 0. The number of rotatable bonds is 3. The van der Waals surface area contributed by atoms with Crippen LogP contribution in [0.5, 0.6) is 0 Å². The zero-order valence-electron chi connectivity index (χ0n) is 6.57. The van der Waals surface area contributed by atoms with Crippen LogP contribution < -0.4 is 5.73 Å². The zero-order chi connectivity index (χ0) is 8.97. The van der Waals surface area contributed by atoms with E-state index >= 15 is 0 Å². The maximum atomic E-state index is 9.51. The van der Waals surface area contributed by atoms with Gasteiger partial charge in [-0.3, -0.25) is 4.98 Å². The zero-order valence-corrected chi connectivity index (χ0v) is 7.33. The Morgan fingerprint density at radius 2 is 2.42 bits per heavy atom. The van der Waals surface area contributed by atoms with Crippen LogP contribution in [0.25, 0.3) is 0 Å². The second-order valence-electron chi connectivity index (χ2n) is 2.49. The van der Waals surface area contributed by atoms with Gasteiger partial charge in [0.2, 0.25) is 0 Å². The van der Waals surface area contributed by atoms with Crippen LogP contribution >= 0.6 is 11.6 Å². The van der Waals surface area contributed by atoms with Crippen LogP contribution in [-0.2, 0) is 0 Å². The van der Waals surface area contributed by atoms with Crippen LogP contribution in [0.2, 0.25) is 5.02 Å². The Morgan fingerprint density at radius 1 is 1.67 bits per heavy atom. The molecular formula is C8H11ClN2O. The lowest BCUT2D eigenvalue weighted by Gasteiger charge is -2.09. The first-order valence-corrected chi connectivity index (χ1v) is 4.11. The van der Waals surface area contributed by atoms with E-state index in [9.17, 15) is 5.11 Å². The Kier molecular flexibility index (Phi) is 3.47. The molecule has 0 fully saturated rings. The van der Waals surface area contributed by atoms with E-state index < -0.39 is 6.10 Å². The topological polar surface area (TPSA) is 59.1 Å². The van der Waals surface area contributed by atoms with Crippen molar-refractivity contribution in [1.82, 2.24) is 4.98 Å². The smallest absolute Gasteiger partial charge is 0.0817 e. The highest BCUT2D eigenvalue weighted by molar-refractivity contribution is 6.31. The number of halogens is 1. The average molecular weight is 187 g/mol. The van der Waals surface area contributed by atoms with Gasteiger partial charge in [-0.2, -0.15) is 0 Å². The molecule has 0 saturated carbocycles. The number of nitrogens with zero attached hydrogens (tertiary/aromatic N) is 1. The van der Waals surface area contributed by atoms with Crippen LogP contribution in [-0.4, -0.2) is 16.6 Å². The van der Waals surface area contributed by atoms with Gasteiger partial charge < -0.3 is 10.8 Å². The Morgan fingerprint density at radius 3 is 3.00 bits per heavy atom. The lowest BCUT2D eigenvalue weighted by molar-refractivity contribution is 0.170. The molecule has 0 bridgehead atoms. The molecule has 0 aliphatic carbocycles.